The van der Waals surface area contributed by atoms with Crippen LogP contribution in [0.1, 0.15) is 216 Å². The van der Waals surface area contributed by atoms with Gasteiger partial charge in [-0.05, 0) is 177 Å². The van der Waals surface area contributed by atoms with E-state index in [9.17, 15) is 21.6 Å². The van der Waals surface area contributed by atoms with Gasteiger partial charge in [0.2, 0.25) is 6.17 Å². The fourth-order valence-corrected chi connectivity index (χ4v) is 18.6. The average Bonchev–Trinajstić information content (AvgIpc) is 0.867. The second-order valence-corrected chi connectivity index (χ2v) is 39.2. The highest BCUT2D eigenvalue weighted by Crippen LogP contribution is 2.44. The van der Waals surface area contributed by atoms with Crippen LogP contribution in [0.4, 0.5) is 48.1 Å². The second-order valence-electron chi connectivity index (χ2n) is 29.9. The molecule has 0 unspecified atom stereocenters. The molecule has 0 amide bonds. The predicted molar refractivity (Wildman–Crippen MR) is 499 cm³/mol. The van der Waals surface area contributed by atoms with Crippen molar-refractivity contribution >= 4 is 133 Å². The Hall–Kier alpha value is -10.7. The molecule has 0 aliphatic carbocycles. The maximum absolute atomic E-state index is 12.9. The lowest BCUT2D eigenvalue weighted by Crippen LogP contribution is -2.09. The summed E-state index contributed by atoms with van der Waals surface area (Å²) in [5.74, 6) is 8.25. The third-order valence-corrected chi connectivity index (χ3v) is 26.0. The van der Waals surface area contributed by atoms with Crippen molar-refractivity contribution in [3.05, 3.63) is 208 Å². The number of anilines is 6. The van der Waals surface area contributed by atoms with Crippen LogP contribution in [0.25, 0.3) is 6.08 Å². The topological polar surface area (TPSA) is 472 Å². The van der Waals surface area contributed by atoms with Crippen LogP contribution in [0.15, 0.2) is 207 Å². The molecule has 12 N–H and O–H groups in total. The standard InChI is InChI=1S/C15H18N4S.C14H15F3N4S.C14H16N8S.C14H18N4O2S2.C14H18N4S2.C14H18N4S/c1-5-11-6-13(12(7-18-11)9(2)3)20-14-8-17-10(4)19-15(14)16;1-7(2)9-5-20-12(14(15,16)17)4-10(9)22-11-6-19-8(3)21-13(11)18;1-7(2)9-5-17-10(14-19-21-22-20-14)4-11(9)23-12-6-16-8(3)18-13(12)15;1-8(2)10-6-17-13(22(4,19)20)5-11(10)21-12-7-16-9(3)18-14(12)15;1-8(2)10-6-17-13(19-4)5-11(10)20-12-7-16-9(3)18-14(12)15;1-8(2)11-6-16-9(3)5-12(11)19-13-7-17-10(4)18-14(13)15/h5-9H,1H2,2-4H3,(H2,16,17,19);4-7H,1-3H3,(H2,18,19,21);4-7,14H,1-3H3,(H2,15,16,18);5-8H,1-4H3,(H2,15,16,18);5-8H,1-4H3,(H2,15,16,18);5-8H,1-4H3,(H2,15,17,18). The van der Waals surface area contributed by atoms with Gasteiger partial charge >= 0.3 is 6.18 Å². The van der Waals surface area contributed by atoms with Crippen LogP contribution in [0.2, 0.25) is 0 Å². The lowest BCUT2D eigenvalue weighted by molar-refractivity contribution is -0.141. The molecule has 1 aliphatic heterocycles. The monoisotopic (exact) mass is 1860 g/mol. The number of nitrogen functional groups attached to an aromatic ring is 6. The molecule has 12 aromatic rings. The molecule has 0 fully saturated rings. The van der Waals surface area contributed by atoms with Gasteiger partial charge < -0.3 is 34.4 Å². The zero-order chi connectivity index (χ0) is 92.8. The second kappa shape index (κ2) is 46.2. The molecule has 0 aromatic carbocycles. The summed E-state index contributed by atoms with van der Waals surface area (Å²) in [6, 6.07) is 10.8. The molecule has 126 heavy (non-hydrogen) atoms. The van der Waals surface area contributed by atoms with E-state index in [1.165, 1.54) is 62.4 Å². The summed E-state index contributed by atoms with van der Waals surface area (Å²) in [5.41, 5.74) is 43.6. The number of halogens is 3. The Balaban J connectivity index is 0.000000187. The SMILES string of the molecule is C=Cc1cc(Sc2cnc(C)nc2N)c(C(C)C)cn1.CSc1cc(Sc2cnc(C)nc2N)c(C(C)C)cn1.Cc1cc(Sc2cnc(C)nc2N)c(C(C)C)cn1.Cc1ncc(Sc2cc(C(F)(F)F)ncc2C(C)C)c(N)n1.Cc1ncc(Sc2cc(C3N=NN=N3)ncc2C(C)C)c(N)n1.Cc1ncc(Sc2cc(S(C)(=O)=O)ncc2C(C)C)c(N)n1. The fourth-order valence-electron chi connectivity index (χ4n) is 11.0. The molecule has 13 heterocycles. The normalized spacial score (nSPS) is 11.9. The number of pyridine rings is 6. The zero-order valence-electron chi connectivity index (χ0n) is 73.7. The van der Waals surface area contributed by atoms with E-state index in [1.807, 2.05) is 105 Å². The van der Waals surface area contributed by atoms with E-state index in [0.717, 1.165) is 91.5 Å². The molecule has 664 valence electrons. The van der Waals surface area contributed by atoms with Gasteiger partial charge in [-0.1, -0.05) is 160 Å². The van der Waals surface area contributed by atoms with Gasteiger partial charge in [0.15, 0.2) is 14.9 Å². The van der Waals surface area contributed by atoms with Crippen LogP contribution in [0.5, 0.6) is 0 Å². The smallest absolute Gasteiger partial charge is 0.383 e. The number of thioether (sulfide) groups is 1. The van der Waals surface area contributed by atoms with Crippen molar-refractivity contribution in [1.29, 1.82) is 0 Å². The third kappa shape index (κ3) is 29.4. The lowest BCUT2D eigenvalue weighted by Gasteiger charge is -2.15. The number of hydrogen-bond acceptors (Lipinski definition) is 37. The van der Waals surface area contributed by atoms with E-state index in [1.54, 1.807) is 110 Å². The van der Waals surface area contributed by atoms with E-state index < -0.39 is 27.9 Å². The van der Waals surface area contributed by atoms with Crippen molar-refractivity contribution in [3.8, 4) is 0 Å². The van der Waals surface area contributed by atoms with Gasteiger partial charge in [-0.15, -0.1) is 22.0 Å². The summed E-state index contributed by atoms with van der Waals surface area (Å²) in [4.78, 5) is 85.5. The Morgan fingerprint density at radius 3 is 0.960 bits per heavy atom. The third-order valence-electron chi connectivity index (χ3n) is 17.7. The Bertz CT molecular complexity index is 5980. The highest BCUT2D eigenvalue weighted by atomic mass is 32.2. The van der Waals surface area contributed by atoms with Crippen molar-refractivity contribution in [3.63, 3.8) is 0 Å². The number of alkyl halides is 3. The van der Waals surface area contributed by atoms with Crippen molar-refractivity contribution in [2.75, 3.05) is 46.9 Å². The number of nitrogens with two attached hydrogens (primary N) is 6. The van der Waals surface area contributed by atoms with Gasteiger partial charge in [0.1, 0.15) is 75.5 Å². The van der Waals surface area contributed by atoms with Crippen molar-refractivity contribution in [2.24, 2.45) is 20.7 Å². The molecule has 41 heteroatoms. The van der Waals surface area contributed by atoms with Crippen LogP contribution in [0.3, 0.4) is 0 Å². The molecule has 12 aromatic heterocycles. The summed E-state index contributed by atoms with van der Waals surface area (Å²) >= 11 is 10.4. The first-order valence-electron chi connectivity index (χ1n) is 39.2. The predicted octanol–water partition coefficient (Wildman–Crippen LogP) is 21.1. The Morgan fingerprint density at radius 1 is 0.357 bits per heavy atom. The maximum Gasteiger partial charge on any atom is 0.433 e. The average molecular weight is 1860 g/mol. The number of aromatic nitrogens is 18. The van der Waals surface area contributed by atoms with Gasteiger partial charge in [0, 0.05) is 116 Å². The Labute approximate surface area is 763 Å². The first kappa shape index (κ1) is 101. The lowest BCUT2D eigenvalue weighted by atomic mass is 10.1. The summed E-state index contributed by atoms with van der Waals surface area (Å²) in [7, 11) is -3.36. The molecule has 1 aliphatic rings. The van der Waals surface area contributed by atoms with E-state index in [-0.39, 0.29) is 22.7 Å². The quantitative estimate of drug-likeness (QED) is 0.0343. The molecule has 30 nitrogen and oxygen atoms in total. The summed E-state index contributed by atoms with van der Waals surface area (Å²) in [6.45, 7) is 41.5. The van der Waals surface area contributed by atoms with E-state index in [0.29, 0.717) is 108 Å². The zero-order valence-corrected chi connectivity index (χ0v) is 80.3. The molecule has 0 saturated carbocycles. The number of aryl methyl sites for hydroxylation is 7. The Kier molecular flexibility index (Phi) is 36.9. The Morgan fingerprint density at radius 2 is 0.643 bits per heavy atom. The maximum atomic E-state index is 12.9. The summed E-state index contributed by atoms with van der Waals surface area (Å²) in [5, 5.41) is 16.0. The molecule has 0 atom stereocenters. The first-order valence-corrected chi connectivity index (χ1v) is 47.2. The molecule has 0 radical (unpaired) electrons. The molecular weight excluding hydrogens is 1760 g/mol. The number of sulfone groups is 1. The van der Waals surface area contributed by atoms with Crippen LogP contribution < -0.4 is 34.4 Å². The minimum atomic E-state index is -4.49. The number of rotatable bonds is 22. The minimum absolute atomic E-state index is 0.0323. The minimum Gasteiger partial charge on any atom is -0.383 e. The van der Waals surface area contributed by atoms with Gasteiger partial charge in [-0.25, -0.2) is 78.2 Å². The fraction of sp³-hybridized carbons (Fsp3) is 0.341. The van der Waals surface area contributed by atoms with Gasteiger partial charge in [-0.2, -0.15) is 13.2 Å². The number of hydrogen-bond donors (Lipinski definition) is 6. The van der Waals surface area contributed by atoms with Crippen molar-refractivity contribution < 1.29 is 21.6 Å². The molecule has 0 saturated heterocycles. The van der Waals surface area contributed by atoms with Crippen LogP contribution in [0, 0.1) is 48.5 Å². The van der Waals surface area contributed by atoms with E-state index in [4.69, 9.17) is 34.4 Å². The highest BCUT2D eigenvalue weighted by Gasteiger charge is 2.34. The van der Waals surface area contributed by atoms with Crippen LogP contribution in [-0.4, -0.2) is 111 Å². The van der Waals surface area contributed by atoms with E-state index >= 15 is 0 Å². The number of nitrogens with zero attached hydrogens (tertiary/aromatic N) is 22. The first-order chi connectivity index (χ1) is 59.4. The van der Waals surface area contributed by atoms with Crippen LogP contribution in [-0.2, 0) is 16.0 Å². The van der Waals surface area contributed by atoms with Crippen molar-refractivity contribution in [1.82, 2.24) is 89.7 Å². The van der Waals surface area contributed by atoms with Gasteiger partial charge in [0.05, 0.1) is 45.8 Å². The van der Waals surface area contributed by atoms with Gasteiger partial charge in [0.25, 0.3) is 0 Å². The largest absolute Gasteiger partial charge is 0.433 e. The molecule has 0 spiro atoms. The summed E-state index contributed by atoms with van der Waals surface area (Å²) < 4.78 is 62.0. The van der Waals surface area contributed by atoms with Crippen molar-refractivity contribution in [2.45, 2.75) is 248 Å². The molecule has 13 rings (SSSR count). The highest BCUT2D eigenvalue weighted by molar-refractivity contribution is 8.01. The molecular formula is C85H103F3N28O2S8. The van der Waals surface area contributed by atoms with Crippen LogP contribution >= 0.6 is 82.3 Å². The van der Waals surface area contributed by atoms with Gasteiger partial charge in [-0.3, -0.25) is 19.9 Å². The van der Waals surface area contributed by atoms with E-state index in [2.05, 4.69) is 184 Å². The summed E-state index contributed by atoms with van der Waals surface area (Å²) in [6.07, 6.45) is 20.7. The molecule has 0 bridgehead atoms.